The van der Waals surface area contributed by atoms with Gasteiger partial charge in [0.25, 0.3) is 0 Å². The Morgan fingerprint density at radius 3 is 2.52 bits per heavy atom. The molecule has 2 heterocycles. The van der Waals surface area contributed by atoms with Crippen LogP contribution in [0, 0.1) is 10.1 Å². The lowest BCUT2D eigenvalue weighted by Gasteiger charge is -2.29. The Kier molecular flexibility index (Phi) is 3.93. The van der Waals surface area contributed by atoms with Crippen molar-refractivity contribution < 1.29 is 9.55 Å². The summed E-state index contributed by atoms with van der Waals surface area (Å²) in [6.07, 6.45) is 3.37. The summed E-state index contributed by atoms with van der Waals surface area (Å²) in [6, 6.07) is 11.1. The first-order valence-corrected chi connectivity index (χ1v) is 8.25. The summed E-state index contributed by atoms with van der Waals surface area (Å²) in [5, 5.41) is 22.5. The number of nitrogens with zero attached hydrogens (tertiary/aromatic N) is 4. The third kappa shape index (κ3) is 2.86. The van der Waals surface area contributed by atoms with Crippen molar-refractivity contribution in [2.75, 3.05) is 23.3 Å². The molecule has 0 amide bonds. The van der Waals surface area contributed by atoms with Crippen LogP contribution >= 0.6 is 0 Å². The van der Waals surface area contributed by atoms with Crippen LogP contribution in [-0.2, 0) is 0 Å². The normalized spacial score (nSPS) is 14.6. The first-order chi connectivity index (χ1) is 12.2. The van der Waals surface area contributed by atoms with Crippen molar-refractivity contribution in [1.29, 1.82) is 0 Å². The summed E-state index contributed by atoms with van der Waals surface area (Å²) in [4.78, 5) is 13.4. The molecule has 3 aromatic rings. The Morgan fingerprint density at radius 2 is 1.80 bits per heavy atom. The van der Waals surface area contributed by atoms with E-state index >= 15 is 0 Å². The first-order valence-electron chi connectivity index (χ1n) is 8.25. The number of aromatic nitrogens is 2. The number of piperidine rings is 1. The number of nitro groups is 1. The van der Waals surface area contributed by atoms with Crippen LogP contribution in [0.1, 0.15) is 19.3 Å². The molecule has 0 unspecified atom stereocenters. The van der Waals surface area contributed by atoms with E-state index in [1.165, 1.54) is 6.42 Å². The van der Waals surface area contributed by atoms with Gasteiger partial charge >= 0.3 is 5.69 Å². The van der Waals surface area contributed by atoms with E-state index in [2.05, 4.69) is 20.5 Å². The maximum absolute atomic E-state index is 11.7. The monoisotopic (exact) mass is 339 g/mol. The molecule has 0 aliphatic carbocycles. The predicted octanol–water partition coefficient (Wildman–Crippen LogP) is 3.86. The number of hydrogen-bond donors (Lipinski definition) is 1. The fourth-order valence-corrected chi connectivity index (χ4v) is 3.25. The van der Waals surface area contributed by atoms with E-state index in [0.29, 0.717) is 11.2 Å². The second-order valence-corrected chi connectivity index (χ2v) is 6.05. The van der Waals surface area contributed by atoms with E-state index < -0.39 is 4.92 Å². The summed E-state index contributed by atoms with van der Waals surface area (Å²) in [6.45, 7) is 1.79. The summed E-state index contributed by atoms with van der Waals surface area (Å²) >= 11 is 0. The van der Waals surface area contributed by atoms with Crippen LogP contribution in [0.5, 0.6) is 0 Å². The van der Waals surface area contributed by atoms with E-state index in [1.807, 2.05) is 30.3 Å². The SMILES string of the molecule is O=[N+]([O-])c1c(Nc2ccccc2)cc(N2CCCCC2)c2nonc12. The summed E-state index contributed by atoms with van der Waals surface area (Å²) in [7, 11) is 0. The van der Waals surface area contributed by atoms with Gasteiger partial charge in [0.05, 0.1) is 10.6 Å². The highest BCUT2D eigenvalue weighted by molar-refractivity contribution is 6.00. The highest BCUT2D eigenvalue weighted by Crippen LogP contribution is 2.40. The Morgan fingerprint density at radius 1 is 1.08 bits per heavy atom. The lowest BCUT2D eigenvalue weighted by atomic mass is 10.1. The van der Waals surface area contributed by atoms with Crippen molar-refractivity contribution >= 4 is 33.8 Å². The summed E-state index contributed by atoms with van der Waals surface area (Å²) < 4.78 is 4.83. The van der Waals surface area contributed by atoms with Crippen LogP contribution < -0.4 is 10.2 Å². The van der Waals surface area contributed by atoms with Crippen LogP contribution in [0.3, 0.4) is 0 Å². The van der Waals surface area contributed by atoms with Crippen LogP contribution in [0.2, 0.25) is 0 Å². The molecule has 0 saturated carbocycles. The second kappa shape index (κ2) is 6.39. The van der Waals surface area contributed by atoms with Crippen molar-refractivity contribution in [1.82, 2.24) is 10.3 Å². The minimum absolute atomic E-state index is 0.124. The standard InChI is InChI=1S/C17H17N5O3/c23-22(24)17-13(18-12-7-3-1-4-8-12)11-14(15-16(17)20-25-19-15)21-9-5-2-6-10-21/h1,3-4,7-8,11,18H,2,5-6,9-10H2. The third-order valence-corrected chi connectivity index (χ3v) is 4.42. The third-order valence-electron chi connectivity index (χ3n) is 4.42. The Hall–Kier alpha value is -3.16. The lowest BCUT2D eigenvalue weighted by Crippen LogP contribution is -2.29. The Balaban J connectivity index is 1.87. The molecule has 128 valence electrons. The second-order valence-electron chi connectivity index (χ2n) is 6.05. The van der Waals surface area contributed by atoms with Gasteiger partial charge < -0.3 is 10.2 Å². The summed E-state index contributed by atoms with van der Waals surface area (Å²) in [5.74, 6) is 0. The molecule has 2 aromatic carbocycles. The maximum Gasteiger partial charge on any atom is 0.324 e. The van der Waals surface area contributed by atoms with E-state index in [0.717, 1.165) is 37.3 Å². The number of nitro benzene ring substituents is 1. The molecule has 0 radical (unpaired) electrons. The quantitative estimate of drug-likeness (QED) is 0.569. The molecule has 4 rings (SSSR count). The van der Waals surface area contributed by atoms with Crippen LogP contribution in [-0.4, -0.2) is 28.3 Å². The molecule has 1 N–H and O–H groups in total. The summed E-state index contributed by atoms with van der Waals surface area (Å²) in [5.41, 5.74) is 2.46. The molecule has 1 fully saturated rings. The van der Waals surface area contributed by atoms with Gasteiger partial charge in [-0.1, -0.05) is 18.2 Å². The highest BCUT2D eigenvalue weighted by atomic mass is 16.6. The maximum atomic E-state index is 11.7. The van der Waals surface area contributed by atoms with Gasteiger partial charge in [0.15, 0.2) is 5.52 Å². The molecule has 25 heavy (non-hydrogen) atoms. The van der Waals surface area contributed by atoms with Gasteiger partial charge in [0.1, 0.15) is 5.69 Å². The molecular weight excluding hydrogens is 322 g/mol. The fraction of sp³-hybridized carbons (Fsp3) is 0.294. The highest BCUT2D eigenvalue weighted by Gasteiger charge is 2.28. The number of anilines is 3. The molecule has 1 saturated heterocycles. The van der Waals surface area contributed by atoms with Gasteiger partial charge in [-0.3, -0.25) is 10.1 Å². The number of nitrogens with one attached hydrogen (secondary N) is 1. The molecule has 1 aliphatic heterocycles. The topological polar surface area (TPSA) is 97.3 Å². The van der Waals surface area contributed by atoms with Crippen LogP contribution in [0.15, 0.2) is 41.0 Å². The number of benzene rings is 2. The zero-order valence-corrected chi connectivity index (χ0v) is 13.5. The van der Waals surface area contributed by atoms with Gasteiger partial charge in [-0.2, -0.15) is 0 Å². The van der Waals surface area contributed by atoms with Gasteiger partial charge in [0, 0.05) is 18.8 Å². The van der Waals surface area contributed by atoms with E-state index in [9.17, 15) is 10.1 Å². The van der Waals surface area contributed by atoms with Crippen molar-refractivity contribution in [3.63, 3.8) is 0 Å². The van der Waals surface area contributed by atoms with Crippen molar-refractivity contribution in [2.24, 2.45) is 0 Å². The molecule has 1 aromatic heterocycles. The Labute approximate surface area is 143 Å². The molecule has 1 aliphatic rings. The molecule has 8 nitrogen and oxygen atoms in total. The van der Waals surface area contributed by atoms with E-state index in [4.69, 9.17) is 4.63 Å². The molecule has 0 bridgehead atoms. The lowest BCUT2D eigenvalue weighted by molar-refractivity contribution is -0.382. The van der Waals surface area contributed by atoms with Crippen molar-refractivity contribution in [3.8, 4) is 0 Å². The minimum atomic E-state index is -0.447. The molecular formula is C17H17N5O3. The van der Waals surface area contributed by atoms with E-state index in [1.54, 1.807) is 6.07 Å². The number of rotatable bonds is 4. The number of hydrogen-bond acceptors (Lipinski definition) is 7. The zero-order chi connectivity index (χ0) is 17.2. The number of para-hydroxylation sites is 1. The molecule has 0 spiro atoms. The average molecular weight is 339 g/mol. The predicted molar refractivity (Wildman–Crippen MR) is 94.2 cm³/mol. The zero-order valence-electron chi connectivity index (χ0n) is 13.5. The van der Waals surface area contributed by atoms with Crippen LogP contribution in [0.25, 0.3) is 11.0 Å². The smallest absolute Gasteiger partial charge is 0.324 e. The molecule has 0 atom stereocenters. The largest absolute Gasteiger partial charge is 0.370 e. The van der Waals surface area contributed by atoms with Crippen LogP contribution in [0.4, 0.5) is 22.7 Å². The fourth-order valence-electron chi connectivity index (χ4n) is 3.25. The average Bonchev–Trinajstić information content (AvgIpc) is 3.11. The first kappa shape index (κ1) is 15.4. The Bertz CT molecular complexity index is 903. The van der Waals surface area contributed by atoms with Gasteiger partial charge in [-0.05, 0) is 47.8 Å². The van der Waals surface area contributed by atoms with Gasteiger partial charge in [0.2, 0.25) is 5.52 Å². The van der Waals surface area contributed by atoms with Gasteiger partial charge in [-0.15, -0.1) is 0 Å². The molecule has 8 heteroatoms. The number of fused-ring (bicyclic) bond motifs is 1. The van der Waals surface area contributed by atoms with E-state index in [-0.39, 0.29) is 11.2 Å². The van der Waals surface area contributed by atoms with Gasteiger partial charge in [-0.25, -0.2) is 4.63 Å². The minimum Gasteiger partial charge on any atom is -0.370 e. The van der Waals surface area contributed by atoms with Crippen molar-refractivity contribution in [2.45, 2.75) is 19.3 Å². The van der Waals surface area contributed by atoms with Crippen molar-refractivity contribution in [3.05, 3.63) is 46.5 Å².